The van der Waals surface area contributed by atoms with Gasteiger partial charge in [0.15, 0.2) is 0 Å². The van der Waals surface area contributed by atoms with E-state index in [0.29, 0.717) is 30.3 Å². The number of ether oxygens (including phenoxy) is 1. The van der Waals surface area contributed by atoms with Crippen LogP contribution in [0.25, 0.3) is 0 Å². The lowest BCUT2D eigenvalue weighted by molar-refractivity contribution is 0.190. The summed E-state index contributed by atoms with van der Waals surface area (Å²) < 4.78 is 32.3. The van der Waals surface area contributed by atoms with E-state index in [9.17, 15) is 8.42 Å². The van der Waals surface area contributed by atoms with Crippen molar-refractivity contribution in [3.05, 3.63) is 24.3 Å². The lowest BCUT2D eigenvalue weighted by atomic mass is 10.1. The van der Waals surface area contributed by atoms with Gasteiger partial charge in [0.05, 0.1) is 11.5 Å². The zero-order valence-electron chi connectivity index (χ0n) is 12.9. The topological polar surface area (TPSA) is 49.9 Å². The zero-order valence-corrected chi connectivity index (χ0v) is 13.8. The largest absolute Gasteiger partial charge is 0.494 e. The zero-order chi connectivity index (χ0) is 15.5. The first-order valence-corrected chi connectivity index (χ1v) is 8.78. The Hall–Kier alpha value is -1.11. The molecular formula is C15H24N2O3S. The van der Waals surface area contributed by atoms with Crippen molar-refractivity contribution in [3.63, 3.8) is 0 Å². The van der Waals surface area contributed by atoms with Crippen LogP contribution in [0.4, 0.5) is 0 Å². The van der Waals surface area contributed by atoms with Crippen LogP contribution in [0.15, 0.2) is 29.2 Å². The summed E-state index contributed by atoms with van der Waals surface area (Å²) in [6.07, 6.45) is 1.95. The van der Waals surface area contributed by atoms with Gasteiger partial charge in [0, 0.05) is 19.1 Å². The monoisotopic (exact) mass is 312 g/mol. The molecular weight excluding hydrogens is 288 g/mol. The summed E-state index contributed by atoms with van der Waals surface area (Å²) in [5.74, 6) is 0.696. The van der Waals surface area contributed by atoms with Crippen molar-refractivity contribution in [2.24, 2.45) is 0 Å². The van der Waals surface area contributed by atoms with Crippen LogP contribution in [0.3, 0.4) is 0 Å². The number of hydrogen-bond acceptors (Lipinski definition) is 4. The van der Waals surface area contributed by atoms with Crippen LogP contribution < -0.4 is 4.74 Å². The molecule has 0 saturated carbocycles. The Kier molecular flexibility index (Phi) is 5.24. The fraction of sp³-hybridized carbons (Fsp3) is 0.600. The number of rotatable bonds is 5. The Morgan fingerprint density at radius 2 is 1.95 bits per heavy atom. The molecule has 0 bridgehead atoms. The van der Waals surface area contributed by atoms with Gasteiger partial charge in [-0.25, -0.2) is 8.42 Å². The van der Waals surface area contributed by atoms with Gasteiger partial charge in [0.2, 0.25) is 10.0 Å². The Morgan fingerprint density at radius 3 is 2.52 bits per heavy atom. The first-order chi connectivity index (χ1) is 9.95. The van der Waals surface area contributed by atoms with Crippen LogP contribution in [-0.2, 0) is 10.0 Å². The van der Waals surface area contributed by atoms with Crippen LogP contribution in [0, 0.1) is 0 Å². The summed E-state index contributed by atoms with van der Waals surface area (Å²) in [6.45, 7) is 3.63. The highest BCUT2D eigenvalue weighted by Gasteiger charge is 2.30. The third-order valence-electron chi connectivity index (χ3n) is 3.86. The predicted octanol–water partition coefficient (Wildman–Crippen LogP) is 1.80. The molecule has 1 saturated heterocycles. The summed E-state index contributed by atoms with van der Waals surface area (Å²) >= 11 is 0. The third-order valence-corrected chi connectivity index (χ3v) is 5.74. The number of piperidine rings is 1. The molecule has 21 heavy (non-hydrogen) atoms. The minimum Gasteiger partial charge on any atom is -0.494 e. The van der Waals surface area contributed by atoms with Gasteiger partial charge in [-0.15, -0.1) is 0 Å². The first-order valence-electron chi connectivity index (χ1n) is 7.34. The average molecular weight is 312 g/mol. The van der Waals surface area contributed by atoms with Crippen molar-refractivity contribution in [2.45, 2.75) is 30.7 Å². The summed E-state index contributed by atoms with van der Waals surface area (Å²) in [6, 6.07) is 6.96. The van der Waals surface area contributed by atoms with Gasteiger partial charge in [-0.3, -0.25) is 0 Å². The van der Waals surface area contributed by atoms with E-state index in [4.69, 9.17) is 4.74 Å². The van der Waals surface area contributed by atoms with E-state index >= 15 is 0 Å². The normalized spacial score (nSPS) is 20.7. The van der Waals surface area contributed by atoms with Crippen molar-refractivity contribution in [1.82, 2.24) is 9.21 Å². The van der Waals surface area contributed by atoms with E-state index in [0.717, 1.165) is 12.8 Å². The lowest BCUT2D eigenvalue weighted by Crippen LogP contribution is -2.47. The highest BCUT2D eigenvalue weighted by Crippen LogP contribution is 2.23. The molecule has 0 aromatic heterocycles. The van der Waals surface area contributed by atoms with Gasteiger partial charge in [-0.1, -0.05) is 0 Å². The average Bonchev–Trinajstić information content (AvgIpc) is 2.48. The number of likely N-dealkylation sites (N-methyl/N-ethyl adjacent to an activating group) is 1. The molecule has 2 rings (SSSR count). The van der Waals surface area contributed by atoms with E-state index in [1.54, 1.807) is 28.6 Å². The van der Waals surface area contributed by atoms with Gasteiger partial charge in [-0.2, -0.15) is 4.31 Å². The van der Waals surface area contributed by atoms with Gasteiger partial charge >= 0.3 is 0 Å². The number of sulfonamides is 1. The highest BCUT2D eigenvalue weighted by atomic mass is 32.2. The smallest absolute Gasteiger partial charge is 0.243 e. The Morgan fingerprint density at radius 1 is 1.29 bits per heavy atom. The molecule has 1 aliphatic rings. The van der Waals surface area contributed by atoms with Crippen molar-refractivity contribution < 1.29 is 13.2 Å². The summed E-state index contributed by atoms with van der Waals surface area (Å²) in [5.41, 5.74) is 0. The third kappa shape index (κ3) is 3.75. The van der Waals surface area contributed by atoms with Crippen LogP contribution in [0.5, 0.6) is 5.75 Å². The Bertz CT molecular complexity index is 555. The molecule has 1 atom stereocenters. The summed E-state index contributed by atoms with van der Waals surface area (Å²) in [4.78, 5) is 2.44. The number of nitrogens with zero attached hydrogens (tertiary/aromatic N) is 2. The van der Waals surface area contributed by atoms with Gasteiger partial charge < -0.3 is 9.64 Å². The van der Waals surface area contributed by atoms with Crippen LogP contribution in [0.2, 0.25) is 0 Å². The van der Waals surface area contributed by atoms with E-state index in [1.165, 1.54) is 0 Å². The van der Waals surface area contributed by atoms with Gasteiger partial charge in [-0.05, 0) is 58.1 Å². The van der Waals surface area contributed by atoms with Crippen LogP contribution >= 0.6 is 0 Å². The van der Waals surface area contributed by atoms with Crippen molar-refractivity contribution >= 4 is 10.0 Å². The second-order valence-electron chi connectivity index (χ2n) is 5.53. The minimum absolute atomic E-state index is 0.288. The van der Waals surface area contributed by atoms with E-state index in [1.807, 2.05) is 21.0 Å². The molecule has 0 unspecified atom stereocenters. The number of benzene rings is 1. The van der Waals surface area contributed by atoms with Crippen LogP contribution in [0.1, 0.15) is 19.8 Å². The first kappa shape index (κ1) is 16.3. The molecule has 0 N–H and O–H groups in total. The molecule has 1 aliphatic heterocycles. The van der Waals surface area contributed by atoms with E-state index < -0.39 is 10.0 Å². The second-order valence-corrected chi connectivity index (χ2v) is 7.47. The lowest BCUT2D eigenvalue weighted by Gasteiger charge is -2.35. The fourth-order valence-electron chi connectivity index (χ4n) is 2.58. The van der Waals surface area contributed by atoms with Crippen molar-refractivity contribution in [2.75, 3.05) is 33.8 Å². The molecule has 1 heterocycles. The standard InChI is InChI=1S/C15H24N2O3S/c1-4-20-14-7-9-15(10-8-14)21(18,19)17-11-5-6-13(12-17)16(2)3/h7-10,13H,4-6,11-12H2,1-3H3/t13-/m0/s1. The minimum atomic E-state index is -3.41. The molecule has 0 spiro atoms. The van der Waals surface area contributed by atoms with Gasteiger partial charge in [0.25, 0.3) is 0 Å². The Balaban J connectivity index is 2.17. The van der Waals surface area contributed by atoms with Crippen molar-refractivity contribution in [1.29, 1.82) is 0 Å². The molecule has 6 heteroatoms. The number of hydrogen-bond donors (Lipinski definition) is 0. The van der Waals surface area contributed by atoms with Crippen LogP contribution in [-0.4, -0.2) is 57.5 Å². The quantitative estimate of drug-likeness (QED) is 0.832. The second kappa shape index (κ2) is 6.77. The van der Waals surface area contributed by atoms with E-state index in [-0.39, 0.29) is 6.04 Å². The molecule has 0 amide bonds. The molecule has 118 valence electrons. The molecule has 0 aliphatic carbocycles. The maximum absolute atomic E-state index is 12.7. The van der Waals surface area contributed by atoms with Crippen molar-refractivity contribution in [3.8, 4) is 5.75 Å². The molecule has 1 aromatic carbocycles. The summed E-state index contributed by atoms with van der Waals surface area (Å²) in [5, 5.41) is 0. The predicted molar refractivity (Wildman–Crippen MR) is 83.1 cm³/mol. The molecule has 0 radical (unpaired) electrons. The Labute approximate surface area is 127 Å². The maximum atomic E-state index is 12.7. The SMILES string of the molecule is CCOc1ccc(S(=O)(=O)N2CCC[C@H](N(C)C)C2)cc1. The maximum Gasteiger partial charge on any atom is 0.243 e. The summed E-state index contributed by atoms with van der Waals surface area (Å²) in [7, 11) is 0.586. The fourth-order valence-corrected chi connectivity index (χ4v) is 4.10. The highest BCUT2D eigenvalue weighted by molar-refractivity contribution is 7.89. The molecule has 1 fully saturated rings. The molecule has 1 aromatic rings. The van der Waals surface area contributed by atoms with Gasteiger partial charge in [0.1, 0.15) is 5.75 Å². The van der Waals surface area contributed by atoms with E-state index in [2.05, 4.69) is 4.90 Å². The molecule has 5 nitrogen and oxygen atoms in total.